The van der Waals surface area contributed by atoms with Crippen molar-refractivity contribution in [2.75, 3.05) is 49.2 Å². The summed E-state index contributed by atoms with van der Waals surface area (Å²) < 4.78 is 5.61. The minimum atomic E-state index is 0.781. The quantitative estimate of drug-likeness (QED) is 0.831. The average molecular weight is 345 g/mol. The molecule has 0 N–H and O–H groups in total. The first kappa shape index (κ1) is 15.8. The number of nitrogens with zero attached hydrogens (tertiary/aromatic N) is 5. The highest BCUT2D eigenvalue weighted by molar-refractivity contribution is 7.13. The first-order chi connectivity index (χ1) is 11.8. The summed E-state index contributed by atoms with van der Waals surface area (Å²) in [5, 5.41) is 3.15. The van der Waals surface area contributed by atoms with Gasteiger partial charge in [0.1, 0.15) is 11.6 Å². The van der Waals surface area contributed by atoms with Crippen molar-refractivity contribution in [1.82, 2.24) is 15.0 Å². The van der Waals surface area contributed by atoms with Gasteiger partial charge in [0.15, 0.2) is 5.13 Å². The fourth-order valence-electron chi connectivity index (χ4n) is 3.48. The van der Waals surface area contributed by atoms with E-state index in [0.717, 1.165) is 75.4 Å². The Bertz CT molecular complexity index is 683. The second-order valence-corrected chi connectivity index (χ2v) is 7.15. The second-order valence-electron chi connectivity index (χ2n) is 6.27. The summed E-state index contributed by atoms with van der Waals surface area (Å²) in [7, 11) is 0. The van der Waals surface area contributed by atoms with E-state index in [9.17, 15) is 0 Å². The van der Waals surface area contributed by atoms with Crippen LogP contribution >= 0.6 is 11.3 Å². The van der Waals surface area contributed by atoms with Crippen LogP contribution < -0.4 is 9.80 Å². The van der Waals surface area contributed by atoms with Crippen LogP contribution in [0.1, 0.15) is 23.5 Å². The molecule has 0 unspecified atom stereocenters. The van der Waals surface area contributed by atoms with Gasteiger partial charge in [-0.15, -0.1) is 11.3 Å². The van der Waals surface area contributed by atoms with E-state index in [1.807, 2.05) is 18.5 Å². The zero-order valence-corrected chi connectivity index (χ0v) is 14.9. The van der Waals surface area contributed by atoms with Crippen LogP contribution in [0.5, 0.6) is 0 Å². The van der Waals surface area contributed by atoms with Crippen LogP contribution in [0.4, 0.5) is 10.9 Å². The van der Waals surface area contributed by atoms with E-state index < -0.39 is 0 Å². The Morgan fingerprint density at radius 3 is 2.83 bits per heavy atom. The highest BCUT2D eigenvalue weighted by Gasteiger charge is 2.24. The standard InChI is InChI=1S/C17H23N5OS/c1-13-19-15-4-8-22(17-18-5-12-24-17)7-3-14(15)16(20-13)21-6-2-10-23-11-9-21/h5,12H,2-4,6-11H2,1H3. The van der Waals surface area contributed by atoms with Crippen LogP contribution in [-0.2, 0) is 17.6 Å². The van der Waals surface area contributed by atoms with Crippen LogP contribution in [0.25, 0.3) is 0 Å². The molecular weight excluding hydrogens is 322 g/mol. The molecule has 0 aliphatic carbocycles. The molecule has 7 heteroatoms. The second kappa shape index (κ2) is 7.03. The zero-order chi connectivity index (χ0) is 16.4. The van der Waals surface area contributed by atoms with Crippen molar-refractivity contribution in [3.05, 3.63) is 28.7 Å². The predicted octanol–water partition coefficient (Wildman–Crippen LogP) is 2.07. The van der Waals surface area contributed by atoms with Gasteiger partial charge in [0.05, 0.1) is 12.3 Å². The minimum absolute atomic E-state index is 0.781. The van der Waals surface area contributed by atoms with Crippen LogP contribution in [0.2, 0.25) is 0 Å². The van der Waals surface area contributed by atoms with Gasteiger partial charge in [0, 0.05) is 56.3 Å². The maximum Gasteiger partial charge on any atom is 0.185 e. The average Bonchev–Trinajstić information content (AvgIpc) is 2.86. The summed E-state index contributed by atoms with van der Waals surface area (Å²) in [5.41, 5.74) is 2.53. The first-order valence-electron chi connectivity index (χ1n) is 8.65. The Balaban J connectivity index is 1.63. The summed E-state index contributed by atoms with van der Waals surface area (Å²) in [5.74, 6) is 2.00. The normalized spacial score (nSPS) is 18.9. The molecule has 4 rings (SSSR count). The van der Waals surface area contributed by atoms with Gasteiger partial charge < -0.3 is 14.5 Å². The first-order valence-corrected chi connectivity index (χ1v) is 9.53. The summed E-state index contributed by atoms with van der Waals surface area (Å²) in [6.45, 7) is 7.51. The van der Waals surface area contributed by atoms with Crippen molar-refractivity contribution in [1.29, 1.82) is 0 Å². The van der Waals surface area contributed by atoms with Gasteiger partial charge in [-0.2, -0.15) is 0 Å². The maximum absolute atomic E-state index is 5.61. The van der Waals surface area contributed by atoms with Crippen molar-refractivity contribution >= 4 is 22.3 Å². The van der Waals surface area contributed by atoms with Crippen LogP contribution in [0.15, 0.2) is 11.6 Å². The van der Waals surface area contributed by atoms with Gasteiger partial charge in [0.25, 0.3) is 0 Å². The van der Waals surface area contributed by atoms with E-state index in [2.05, 4.69) is 14.8 Å². The van der Waals surface area contributed by atoms with E-state index >= 15 is 0 Å². The lowest BCUT2D eigenvalue weighted by Crippen LogP contribution is -2.29. The number of hydrogen-bond acceptors (Lipinski definition) is 7. The molecular formula is C17H23N5OS. The van der Waals surface area contributed by atoms with Gasteiger partial charge >= 0.3 is 0 Å². The Labute approximate surface area is 146 Å². The van der Waals surface area contributed by atoms with E-state index in [1.54, 1.807) is 11.3 Å². The number of fused-ring (bicyclic) bond motifs is 1. The van der Waals surface area contributed by atoms with Gasteiger partial charge in [0.2, 0.25) is 0 Å². The highest BCUT2D eigenvalue weighted by atomic mass is 32.1. The number of rotatable bonds is 2. The fraction of sp³-hybridized carbons (Fsp3) is 0.588. The molecule has 0 saturated carbocycles. The van der Waals surface area contributed by atoms with Crippen LogP contribution in [0, 0.1) is 6.92 Å². The summed E-state index contributed by atoms with van der Waals surface area (Å²) in [6, 6.07) is 0. The summed E-state index contributed by atoms with van der Waals surface area (Å²) in [4.78, 5) is 18.8. The van der Waals surface area contributed by atoms with Crippen molar-refractivity contribution in [3.8, 4) is 0 Å². The molecule has 0 amide bonds. The maximum atomic E-state index is 5.61. The molecule has 0 radical (unpaired) electrons. The Kier molecular flexibility index (Phi) is 4.62. The number of ether oxygens (including phenoxy) is 1. The Hall–Kier alpha value is -1.73. The Morgan fingerprint density at radius 2 is 1.96 bits per heavy atom. The van der Waals surface area contributed by atoms with E-state index in [4.69, 9.17) is 14.7 Å². The molecule has 2 aliphatic heterocycles. The van der Waals surface area contributed by atoms with Crippen molar-refractivity contribution in [3.63, 3.8) is 0 Å². The van der Waals surface area contributed by atoms with Crippen LogP contribution in [0.3, 0.4) is 0 Å². The molecule has 0 spiro atoms. The van der Waals surface area contributed by atoms with Gasteiger partial charge in [-0.1, -0.05) is 0 Å². The molecule has 4 heterocycles. The zero-order valence-electron chi connectivity index (χ0n) is 14.1. The number of hydrogen-bond donors (Lipinski definition) is 0. The molecule has 2 aromatic heterocycles. The monoisotopic (exact) mass is 345 g/mol. The smallest absolute Gasteiger partial charge is 0.185 e. The van der Waals surface area contributed by atoms with Gasteiger partial charge in [-0.05, 0) is 19.8 Å². The largest absolute Gasteiger partial charge is 0.380 e. The molecule has 0 atom stereocenters. The van der Waals surface area contributed by atoms with Crippen molar-refractivity contribution < 1.29 is 4.74 Å². The highest BCUT2D eigenvalue weighted by Crippen LogP contribution is 2.28. The molecule has 24 heavy (non-hydrogen) atoms. The topological polar surface area (TPSA) is 54.4 Å². The van der Waals surface area contributed by atoms with E-state index in [-0.39, 0.29) is 0 Å². The summed E-state index contributed by atoms with van der Waals surface area (Å²) in [6.07, 6.45) is 4.87. The third kappa shape index (κ3) is 3.23. The number of aromatic nitrogens is 3. The number of thiazole rings is 1. The molecule has 2 aromatic rings. The minimum Gasteiger partial charge on any atom is -0.380 e. The molecule has 1 fully saturated rings. The van der Waals surface area contributed by atoms with E-state index in [0.29, 0.717) is 0 Å². The third-order valence-corrected chi connectivity index (χ3v) is 5.48. The lowest BCUT2D eigenvalue weighted by atomic mass is 10.1. The van der Waals surface area contributed by atoms with E-state index in [1.165, 1.54) is 11.3 Å². The number of anilines is 2. The lowest BCUT2D eigenvalue weighted by Gasteiger charge is -2.24. The fourth-order valence-corrected chi connectivity index (χ4v) is 4.18. The lowest BCUT2D eigenvalue weighted by molar-refractivity contribution is 0.152. The summed E-state index contributed by atoms with van der Waals surface area (Å²) >= 11 is 1.71. The molecule has 1 saturated heterocycles. The van der Waals surface area contributed by atoms with Crippen LogP contribution in [-0.4, -0.2) is 54.3 Å². The Morgan fingerprint density at radius 1 is 1.04 bits per heavy atom. The molecule has 0 bridgehead atoms. The molecule has 2 aliphatic rings. The van der Waals surface area contributed by atoms with Crippen molar-refractivity contribution in [2.45, 2.75) is 26.2 Å². The van der Waals surface area contributed by atoms with Crippen molar-refractivity contribution in [2.24, 2.45) is 0 Å². The number of aryl methyl sites for hydroxylation is 1. The SMILES string of the molecule is Cc1nc2c(c(N3CCCOCC3)n1)CCN(c1nccs1)CC2. The molecule has 6 nitrogen and oxygen atoms in total. The van der Waals surface area contributed by atoms with Gasteiger partial charge in [-0.3, -0.25) is 0 Å². The molecule has 128 valence electrons. The predicted molar refractivity (Wildman–Crippen MR) is 96.2 cm³/mol. The molecule has 0 aromatic carbocycles. The van der Waals surface area contributed by atoms with Gasteiger partial charge in [-0.25, -0.2) is 15.0 Å². The third-order valence-electron chi connectivity index (χ3n) is 4.64.